The van der Waals surface area contributed by atoms with Crippen LogP contribution in [0.2, 0.25) is 0 Å². The number of benzene rings is 1. The van der Waals surface area contributed by atoms with Gasteiger partial charge >= 0.3 is 6.03 Å². The monoisotopic (exact) mass is 344 g/mol. The molecule has 6 nitrogen and oxygen atoms in total. The zero-order valence-electron chi connectivity index (χ0n) is 13.7. The Morgan fingerprint density at radius 2 is 2.21 bits per heavy atom. The van der Waals surface area contributed by atoms with Crippen LogP contribution in [-0.4, -0.2) is 23.5 Å². The number of nitrogens with one attached hydrogen (secondary N) is 3. The van der Waals surface area contributed by atoms with Crippen molar-refractivity contribution >= 4 is 34.6 Å². The molecule has 7 heteroatoms. The van der Waals surface area contributed by atoms with Gasteiger partial charge in [-0.2, -0.15) is 0 Å². The standard InChI is InChI=1S/C17H20N4O2S/c1-10-11(2)24-16(19-10)4-3-7-18-17(23)20-13-5-6-14-12(8-13)9-15(22)21-14/h5-6,8H,3-4,7,9H2,1-2H3,(H,21,22)(H2,18,20,23). The van der Waals surface area contributed by atoms with Gasteiger partial charge in [0.25, 0.3) is 0 Å². The van der Waals surface area contributed by atoms with E-state index in [9.17, 15) is 9.59 Å². The predicted molar refractivity (Wildman–Crippen MR) is 95.7 cm³/mol. The van der Waals surface area contributed by atoms with Crippen molar-refractivity contribution in [3.63, 3.8) is 0 Å². The summed E-state index contributed by atoms with van der Waals surface area (Å²) in [6.45, 7) is 4.68. The second kappa shape index (κ2) is 7.00. The van der Waals surface area contributed by atoms with Crippen molar-refractivity contribution in [2.24, 2.45) is 0 Å². The molecular weight excluding hydrogens is 324 g/mol. The van der Waals surface area contributed by atoms with Gasteiger partial charge in [-0.15, -0.1) is 11.3 Å². The topological polar surface area (TPSA) is 83.1 Å². The van der Waals surface area contributed by atoms with Gasteiger partial charge in [-0.25, -0.2) is 9.78 Å². The molecule has 3 rings (SSSR count). The molecule has 3 amide bonds. The van der Waals surface area contributed by atoms with Gasteiger partial charge in [0.05, 0.1) is 17.1 Å². The lowest BCUT2D eigenvalue weighted by molar-refractivity contribution is -0.115. The number of urea groups is 1. The average molecular weight is 344 g/mol. The number of fused-ring (bicyclic) bond motifs is 1. The fourth-order valence-electron chi connectivity index (χ4n) is 2.57. The lowest BCUT2D eigenvalue weighted by Gasteiger charge is -2.08. The summed E-state index contributed by atoms with van der Waals surface area (Å²) in [7, 11) is 0. The number of anilines is 2. The third-order valence-corrected chi connectivity index (χ3v) is 5.05. The van der Waals surface area contributed by atoms with Crippen LogP contribution in [0.4, 0.5) is 16.2 Å². The van der Waals surface area contributed by atoms with Crippen LogP contribution in [0, 0.1) is 13.8 Å². The maximum atomic E-state index is 11.9. The van der Waals surface area contributed by atoms with Crippen LogP contribution in [0.25, 0.3) is 0 Å². The summed E-state index contributed by atoms with van der Waals surface area (Å²) in [5.74, 6) is -0.0146. The van der Waals surface area contributed by atoms with E-state index in [1.54, 1.807) is 17.4 Å². The molecule has 2 aromatic rings. The normalized spacial score (nSPS) is 12.7. The zero-order chi connectivity index (χ0) is 17.1. The number of hydrogen-bond donors (Lipinski definition) is 3. The molecule has 0 spiro atoms. The molecule has 0 bridgehead atoms. The number of thiazole rings is 1. The number of carbonyl (C=O) groups is 2. The van der Waals surface area contributed by atoms with Gasteiger partial charge in [-0.05, 0) is 44.0 Å². The minimum absolute atomic E-state index is 0.0146. The summed E-state index contributed by atoms with van der Waals surface area (Å²) >= 11 is 1.71. The van der Waals surface area contributed by atoms with E-state index >= 15 is 0 Å². The smallest absolute Gasteiger partial charge is 0.319 e. The number of amides is 3. The van der Waals surface area contributed by atoms with Crippen LogP contribution >= 0.6 is 11.3 Å². The summed E-state index contributed by atoms with van der Waals surface area (Å²) in [5.41, 5.74) is 3.51. The van der Waals surface area contributed by atoms with Gasteiger partial charge in [0.15, 0.2) is 0 Å². The van der Waals surface area contributed by atoms with Crippen molar-refractivity contribution in [2.75, 3.05) is 17.2 Å². The van der Waals surface area contributed by atoms with Gasteiger partial charge in [0, 0.05) is 29.2 Å². The van der Waals surface area contributed by atoms with Crippen molar-refractivity contribution < 1.29 is 9.59 Å². The lowest BCUT2D eigenvalue weighted by Crippen LogP contribution is -2.29. The SMILES string of the molecule is Cc1nc(CCCNC(=O)Nc2ccc3c(c2)CC(=O)N3)sc1C. The van der Waals surface area contributed by atoms with E-state index in [-0.39, 0.29) is 11.9 Å². The van der Waals surface area contributed by atoms with E-state index < -0.39 is 0 Å². The van der Waals surface area contributed by atoms with Gasteiger partial charge in [0.1, 0.15) is 0 Å². The first-order chi connectivity index (χ1) is 11.5. The molecule has 1 aromatic carbocycles. The van der Waals surface area contributed by atoms with Crippen molar-refractivity contribution in [1.29, 1.82) is 0 Å². The van der Waals surface area contributed by atoms with Gasteiger partial charge < -0.3 is 16.0 Å². The first kappa shape index (κ1) is 16.4. The molecule has 1 aliphatic rings. The highest BCUT2D eigenvalue weighted by Gasteiger charge is 2.17. The summed E-state index contributed by atoms with van der Waals surface area (Å²) in [6, 6.07) is 5.18. The van der Waals surface area contributed by atoms with Gasteiger partial charge in [-0.3, -0.25) is 4.79 Å². The lowest BCUT2D eigenvalue weighted by atomic mass is 10.1. The van der Waals surface area contributed by atoms with Crippen LogP contribution in [0.5, 0.6) is 0 Å². The largest absolute Gasteiger partial charge is 0.338 e. The average Bonchev–Trinajstić information content (AvgIpc) is 3.05. The highest BCUT2D eigenvalue weighted by atomic mass is 32.1. The fraction of sp³-hybridized carbons (Fsp3) is 0.353. The summed E-state index contributed by atoms with van der Waals surface area (Å²) in [6.07, 6.45) is 2.08. The van der Waals surface area contributed by atoms with Gasteiger partial charge in [0.2, 0.25) is 5.91 Å². The fourth-order valence-corrected chi connectivity index (χ4v) is 3.55. The van der Waals surface area contributed by atoms with Crippen molar-refractivity contribution in [3.8, 4) is 0 Å². The van der Waals surface area contributed by atoms with Crippen molar-refractivity contribution in [1.82, 2.24) is 10.3 Å². The minimum atomic E-state index is -0.237. The second-order valence-electron chi connectivity index (χ2n) is 5.83. The Morgan fingerprint density at radius 3 is 2.96 bits per heavy atom. The summed E-state index contributed by atoms with van der Waals surface area (Å²) in [5, 5.41) is 9.52. The van der Waals surface area contributed by atoms with E-state index in [1.165, 1.54) is 4.88 Å². The molecule has 1 aliphatic heterocycles. The third kappa shape index (κ3) is 3.91. The van der Waals surface area contributed by atoms with Crippen LogP contribution < -0.4 is 16.0 Å². The molecule has 3 N–H and O–H groups in total. The van der Waals surface area contributed by atoms with Crippen molar-refractivity contribution in [2.45, 2.75) is 33.1 Å². The maximum absolute atomic E-state index is 11.9. The molecule has 0 aliphatic carbocycles. The molecule has 0 saturated heterocycles. The van der Waals surface area contributed by atoms with Crippen LogP contribution in [0.1, 0.15) is 27.6 Å². The summed E-state index contributed by atoms with van der Waals surface area (Å²) < 4.78 is 0. The quantitative estimate of drug-likeness (QED) is 0.729. The molecule has 0 saturated carbocycles. The van der Waals surface area contributed by atoms with Gasteiger partial charge in [-0.1, -0.05) is 0 Å². The molecule has 0 radical (unpaired) electrons. The zero-order valence-corrected chi connectivity index (χ0v) is 14.5. The Kier molecular flexibility index (Phi) is 4.80. The van der Waals surface area contributed by atoms with Crippen LogP contribution in [0.3, 0.4) is 0 Å². The molecule has 0 unspecified atom stereocenters. The highest BCUT2D eigenvalue weighted by Crippen LogP contribution is 2.25. The number of nitrogens with zero attached hydrogens (tertiary/aromatic N) is 1. The molecular formula is C17H20N4O2S. The van der Waals surface area contributed by atoms with E-state index in [0.29, 0.717) is 18.7 Å². The first-order valence-electron chi connectivity index (χ1n) is 7.92. The minimum Gasteiger partial charge on any atom is -0.338 e. The first-order valence-corrected chi connectivity index (χ1v) is 8.73. The molecule has 0 fully saturated rings. The number of aryl methyl sites for hydroxylation is 3. The second-order valence-corrected chi connectivity index (χ2v) is 7.12. The van der Waals surface area contributed by atoms with E-state index in [4.69, 9.17) is 0 Å². The number of carbonyl (C=O) groups excluding carboxylic acids is 2. The van der Waals surface area contributed by atoms with Crippen molar-refractivity contribution in [3.05, 3.63) is 39.3 Å². The Balaban J connectivity index is 1.43. The molecule has 0 atom stereocenters. The number of rotatable bonds is 5. The Morgan fingerprint density at radius 1 is 1.38 bits per heavy atom. The van der Waals surface area contributed by atoms with Crippen LogP contribution in [0.15, 0.2) is 18.2 Å². The maximum Gasteiger partial charge on any atom is 0.319 e. The Bertz CT molecular complexity index is 765. The van der Waals surface area contributed by atoms with E-state index in [1.807, 2.05) is 19.1 Å². The Labute approximate surface area is 144 Å². The molecule has 2 heterocycles. The number of aromatic nitrogens is 1. The third-order valence-electron chi connectivity index (χ3n) is 3.91. The number of hydrogen-bond acceptors (Lipinski definition) is 4. The predicted octanol–water partition coefficient (Wildman–Crippen LogP) is 3.01. The molecule has 24 heavy (non-hydrogen) atoms. The molecule has 1 aromatic heterocycles. The molecule has 126 valence electrons. The van der Waals surface area contributed by atoms with E-state index in [2.05, 4.69) is 27.9 Å². The van der Waals surface area contributed by atoms with Crippen LogP contribution in [-0.2, 0) is 17.6 Å². The highest BCUT2D eigenvalue weighted by molar-refractivity contribution is 7.11. The summed E-state index contributed by atoms with van der Waals surface area (Å²) in [4.78, 5) is 29.0. The Hall–Kier alpha value is -2.41. The van der Waals surface area contributed by atoms with E-state index in [0.717, 1.165) is 34.8 Å².